The van der Waals surface area contributed by atoms with Crippen molar-refractivity contribution in [2.75, 3.05) is 6.61 Å². The summed E-state index contributed by atoms with van der Waals surface area (Å²) in [6.07, 6.45) is 1.40. The van der Waals surface area contributed by atoms with Gasteiger partial charge in [0.05, 0.1) is 10.9 Å². The molecule has 0 aromatic carbocycles. The van der Waals surface area contributed by atoms with E-state index < -0.39 is 18.6 Å². The van der Waals surface area contributed by atoms with Gasteiger partial charge in [-0.1, -0.05) is 6.08 Å². The molecule has 1 aliphatic heterocycles. The van der Waals surface area contributed by atoms with E-state index in [-0.39, 0.29) is 28.7 Å². The van der Waals surface area contributed by atoms with Crippen LogP contribution in [0.4, 0.5) is 13.2 Å². The Hall–Kier alpha value is -2.99. The highest BCUT2D eigenvalue weighted by molar-refractivity contribution is 5.99. The van der Waals surface area contributed by atoms with Crippen molar-refractivity contribution in [1.29, 1.82) is 0 Å². The molecule has 0 spiro atoms. The lowest BCUT2D eigenvalue weighted by Crippen LogP contribution is -2.37. The number of amides is 1. The fourth-order valence-electron chi connectivity index (χ4n) is 3.09. The average Bonchev–Trinajstić information content (AvgIpc) is 3.08. The van der Waals surface area contributed by atoms with Gasteiger partial charge < -0.3 is 9.47 Å². The number of aromatic nitrogens is 4. The molecule has 1 atom stereocenters. The van der Waals surface area contributed by atoms with Gasteiger partial charge in [0, 0.05) is 19.1 Å². The van der Waals surface area contributed by atoms with Gasteiger partial charge in [-0.05, 0) is 47.1 Å². The maximum absolute atomic E-state index is 12.6. The van der Waals surface area contributed by atoms with Crippen molar-refractivity contribution in [3.63, 3.8) is 0 Å². The van der Waals surface area contributed by atoms with Gasteiger partial charge in [0.1, 0.15) is 5.76 Å². The number of allylic oxidation sites excluding steroid dienone is 2. The van der Waals surface area contributed by atoms with Crippen molar-refractivity contribution in [3.05, 3.63) is 34.0 Å². The van der Waals surface area contributed by atoms with E-state index in [9.17, 15) is 18.0 Å². The number of carbonyl (C=O) groups is 1. The minimum atomic E-state index is -4.83. The number of halogens is 3. The summed E-state index contributed by atoms with van der Waals surface area (Å²) in [5.74, 6) is -0.988. The minimum absolute atomic E-state index is 0.0623. The average molecular weight is 411 g/mol. The van der Waals surface area contributed by atoms with E-state index in [1.54, 1.807) is 6.08 Å². The smallest absolute Gasteiger partial charge is 0.406 e. The molecule has 0 bridgehead atoms. The predicted molar refractivity (Wildman–Crippen MR) is 90.9 cm³/mol. The van der Waals surface area contributed by atoms with Crippen LogP contribution in [-0.4, -0.2) is 45.2 Å². The number of rotatable bonds is 4. The molecule has 1 unspecified atom stereocenters. The standard InChI is InChI=1S/C17H16F3N5O4/c18-17(19,20)28-11-5-3-4-10-8-12(15-21-23-24-25(15)13(10)9-11)16(26)22-29-14-6-1-2-7-27-14/h4-5,8-9,14H,1-3,6-7H2,(H,22,26). The van der Waals surface area contributed by atoms with Crippen LogP contribution in [0.15, 0.2) is 17.9 Å². The Morgan fingerprint density at radius 1 is 1.31 bits per heavy atom. The van der Waals surface area contributed by atoms with E-state index in [1.165, 1.54) is 22.7 Å². The topological polar surface area (TPSA) is 99.9 Å². The van der Waals surface area contributed by atoms with Gasteiger partial charge in [-0.25, -0.2) is 10.3 Å². The van der Waals surface area contributed by atoms with E-state index in [0.717, 1.165) is 12.8 Å². The molecule has 1 fully saturated rings. The number of alkyl halides is 3. The van der Waals surface area contributed by atoms with Gasteiger partial charge >= 0.3 is 6.36 Å². The van der Waals surface area contributed by atoms with E-state index in [2.05, 4.69) is 25.7 Å². The first-order valence-corrected chi connectivity index (χ1v) is 8.87. The lowest BCUT2D eigenvalue weighted by Gasteiger charge is -2.22. The zero-order valence-corrected chi connectivity index (χ0v) is 15.0. The monoisotopic (exact) mass is 411 g/mol. The quantitative estimate of drug-likeness (QED) is 0.740. The van der Waals surface area contributed by atoms with Crippen LogP contribution in [0.2, 0.25) is 0 Å². The lowest BCUT2D eigenvalue weighted by atomic mass is 10.2. The molecule has 0 radical (unpaired) electrons. The Morgan fingerprint density at radius 2 is 2.17 bits per heavy atom. The van der Waals surface area contributed by atoms with Gasteiger partial charge in [0.15, 0.2) is 11.9 Å². The summed E-state index contributed by atoms with van der Waals surface area (Å²) in [5, 5.41) is 11.9. The Morgan fingerprint density at radius 3 is 2.93 bits per heavy atom. The number of hydrogen-bond acceptors (Lipinski definition) is 7. The molecule has 12 heteroatoms. The largest absolute Gasteiger partial charge is 0.573 e. The second-order valence-electron chi connectivity index (χ2n) is 6.40. The number of hydroxylamine groups is 1. The zero-order valence-electron chi connectivity index (χ0n) is 15.0. The number of hydrogen-bond donors (Lipinski definition) is 1. The van der Waals surface area contributed by atoms with E-state index >= 15 is 0 Å². The van der Waals surface area contributed by atoms with Crippen molar-refractivity contribution in [2.45, 2.75) is 38.3 Å². The van der Waals surface area contributed by atoms with E-state index in [0.29, 0.717) is 18.2 Å². The second kappa shape index (κ2) is 7.79. The number of pyridine rings is 1. The maximum atomic E-state index is 12.6. The van der Waals surface area contributed by atoms with Crippen LogP contribution >= 0.6 is 0 Å². The molecule has 154 valence electrons. The summed E-state index contributed by atoms with van der Waals surface area (Å²) in [4.78, 5) is 17.9. The molecule has 2 aromatic heterocycles. The molecule has 2 aliphatic rings. The summed E-state index contributed by atoms with van der Waals surface area (Å²) in [6.45, 7) is 0.553. The molecule has 0 saturated carbocycles. The van der Waals surface area contributed by atoms with Gasteiger partial charge in [-0.3, -0.25) is 4.79 Å². The first-order valence-electron chi connectivity index (χ1n) is 8.87. The first-order chi connectivity index (χ1) is 13.9. The van der Waals surface area contributed by atoms with E-state index in [4.69, 9.17) is 9.57 Å². The highest BCUT2D eigenvalue weighted by atomic mass is 19.4. The van der Waals surface area contributed by atoms with Crippen LogP contribution in [0.25, 0.3) is 17.8 Å². The van der Waals surface area contributed by atoms with Crippen molar-refractivity contribution >= 4 is 23.7 Å². The molecule has 1 aliphatic carbocycles. The molecule has 3 heterocycles. The Labute approximate surface area is 161 Å². The number of carbonyl (C=O) groups excluding carboxylic acids is 1. The van der Waals surface area contributed by atoms with Gasteiger partial charge in [0.2, 0.25) is 0 Å². The highest BCUT2D eigenvalue weighted by Crippen LogP contribution is 2.22. The number of fused-ring (bicyclic) bond motifs is 3. The summed E-state index contributed by atoms with van der Waals surface area (Å²) in [6, 6.07) is 1.49. The van der Waals surface area contributed by atoms with Gasteiger partial charge in [0.25, 0.3) is 5.91 Å². The maximum Gasteiger partial charge on any atom is 0.573 e. The first kappa shape index (κ1) is 19.3. The van der Waals surface area contributed by atoms with Crippen molar-refractivity contribution in [3.8, 4) is 0 Å². The Kier molecular flexibility index (Phi) is 5.20. The van der Waals surface area contributed by atoms with Crippen LogP contribution in [0.1, 0.15) is 36.0 Å². The molecule has 1 N–H and O–H groups in total. The SMILES string of the molecule is O=C(NOC1CCCCO1)c1cc2c(n3nnnc13)=CC(OC(F)(F)F)=CCC=2. The number of nitrogens with one attached hydrogen (secondary N) is 1. The zero-order chi connectivity index (χ0) is 20.4. The summed E-state index contributed by atoms with van der Waals surface area (Å²) >= 11 is 0. The third kappa shape index (κ3) is 4.38. The van der Waals surface area contributed by atoms with Crippen LogP contribution in [0.5, 0.6) is 0 Å². The predicted octanol–water partition coefficient (Wildman–Crippen LogP) is 0.697. The summed E-state index contributed by atoms with van der Waals surface area (Å²) in [7, 11) is 0. The van der Waals surface area contributed by atoms with Crippen LogP contribution in [0, 0.1) is 0 Å². The molecule has 1 amide bonds. The van der Waals surface area contributed by atoms with Gasteiger partial charge in [-0.2, -0.15) is 4.52 Å². The Bertz CT molecular complexity index is 1070. The molecule has 2 aromatic rings. The normalized spacial score (nSPS) is 19.4. The third-order valence-electron chi connectivity index (χ3n) is 4.37. The minimum Gasteiger partial charge on any atom is -0.406 e. The van der Waals surface area contributed by atoms with Crippen molar-refractivity contribution < 1.29 is 32.3 Å². The molecular weight excluding hydrogens is 395 g/mol. The second-order valence-corrected chi connectivity index (χ2v) is 6.40. The van der Waals surface area contributed by atoms with Crippen LogP contribution in [0.3, 0.4) is 0 Å². The van der Waals surface area contributed by atoms with Crippen LogP contribution in [-0.2, 0) is 14.3 Å². The number of tetrazole rings is 1. The van der Waals surface area contributed by atoms with Crippen molar-refractivity contribution in [2.24, 2.45) is 0 Å². The van der Waals surface area contributed by atoms with Gasteiger partial charge in [-0.15, -0.1) is 18.3 Å². The molecule has 29 heavy (non-hydrogen) atoms. The summed E-state index contributed by atoms with van der Waals surface area (Å²) in [5.41, 5.74) is 2.50. The number of ether oxygens (including phenoxy) is 2. The summed E-state index contributed by atoms with van der Waals surface area (Å²) < 4.78 is 48.4. The molecule has 4 rings (SSSR count). The van der Waals surface area contributed by atoms with Crippen molar-refractivity contribution in [1.82, 2.24) is 25.5 Å². The third-order valence-corrected chi connectivity index (χ3v) is 4.37. The molecule has 1 saturated heterocycles. The molecule has 9 nitrogen and oxygen atoms in total. The number of nitrogens with zero attached hydrogens (tertiary/aromatic N) is 4. The van der Waals surface area contributed by atoms with E-state index in [1.807, 2.05) is 0 Å². The lowest BCUT2D eigenvalue weighted by molar-refractivity contribution is -0.302. The molecular formula is C17H16F3N5O4. The van der Waals surface area contributed by atoms with Crippen LogP contribution < -0.4 is 16.0 Å². The Balaban J connectivity index is 1.66. The fourth-order valence-corrected chi connectivity index (χ4v) is 3.09. The fraction of sp³-hybridized carbons (Fsp3) is 0.412. The highest BCUT2D eigenvalue weighted by Gasteiger charge is 2.31.